The molecule has 128 valence electrons. The summed E-state index contributed by atoms with van der Waals surface area (Å²) in [6.45, 7) is 10.9. The summed E-state index contributed by atoms with van der Waals surface area (Å²) in [6, 6.07) is 0. The minimum atomic E-state index is -0.778. The quantitative estimate of drug-likeness (QED) is 0.539. The first-order valence-electron chi connectivity index (χ1n) is 9.06. The van der Waals surface area contributed by atoms with Crippen molar-refractivity contribution in [3.8, 4) is 0 Å². The number of carbonyl (C=O) groups is 1. The standard InChI is InChI=1S/C20H30O3/c1-13-7-8-16-12-17(21)20(4)10-5-6-15(18(22)23-20)9-11-19(13,3)14(16)2/h6,13,16-17,21H,2,5,7-12H2,1,3-4H3/t13-,16+,17+,19+,20-/m0/s1. The van der Waals surface area contributed by atoms with E-state index in [1.165, 1.54) is 5.57 Å². The second-order valence-electron chi connectivity index (χ2n) is 8.34. The van der Waals surface area contributed by atoms with Crippen molar-refractivity contribution in [3.05, 3.63) is 23.8 Å². The van der Waals surface area contributed by atoms with Crippen molar-refractivity contribution in [1.82, 2.24) is 0 Å². The molecule has 3 aliphatic rings. The molecule has 1 saturated carbocycles. The lowest BCUT2D eigenvalue weighted by atomic mass is 9.58. The SMILES string of the molecule is C=C1[C@@H]2CC[C@H](C)[C@@]1(C)CCC1=CCC[C@](C)(OC1=O)[C@H](O)C2. The third kappa shape index (κ3) is 2.77. The van der Waals surface area contributed by atoms with E-state index < -0.39 is 11.7 Å². The van der Waals surface area contributed by atoms with Gasteiger partial charge in [-0.05, 0) is 69.1 Å². The van der Waals surface area contributed by atoms with Crippen molar-refractivity contribution >= 4 is 5.97 Å². The molecule has 0 unspecified atom stereocenters. The predicted octanol–water partition coefficient (Wildman–Crippen LogP) is 4.16. The van der Waals surface area contributed by atoms with E-state index >= 15 is 0 Å². The van der Waals surface area contributed by atoms with Crippen LogP contribution in [0.5, 0.6) is 0 Å². The van der Waals surface area contributed by atoms with Gasteiger partial charge in [-0.1, -0.05) is 32.1 Å². The van der Waals surface area contributed by atoms with Crippen LogP contribution in [0, 0.1) is 17.3 Å². The maximum absolute atomic E-state index is 12.5. The van der Waals surface area contributed by atoms with Crippen molar-refractivity contribution in [3.63, 3.8) is 0 Å². The van der Waals surface area contributed by atoms with Gasteiger partial charge < -0.3 is 9.84 Å². The molecule has 3 nitrogen and oxygen atoms in total. The molecule has 2 fully saturated rings. The van der Waals surface area contributed by atoms with E-state index in [1.807, 2.05) is 13.0 Å². The van der Waals surface area contributed by atoms with E-state index in [0.29, 0.717) is 24.7 Å². The van der Waals surface area contributed by atoms with E-state index in [0.717, 1.165) is 37.7 Å². The Kier molecular flexibility index (Phi) is 4.20. The Bertz CT molecular complexity index is 549. The van der Waals surface area contributed by atoms with E-state index in [2.05, 4.69) is 20.4 Å². The molecule has 2 aliphatic heterocycles. The molecule has 0 aromatic rings. The molecule has 23 heavy (non-hydrogen) atoms. The molecule has 2 heterocycles. The maximum Gasteiger partial charge on any atom is 0.334 e. The van der Waals surface area contributed by atoms with Crippen LogP contribution in [0.3, 0.4) is 0 Å². The molecule has 1 saturated heterocycles. The van der Waals surface area contributed by atoms with Crippen molar-refractivity contribution < 1.29 is 14.6 Å². The van der Waals surface area contributed by atoms with Crippen LogP contribution in [0.4, 0.5) is 0 Å². The zero-order chi connectivity index (χ0) is 16.8. The Morgan fingerprint density at radius 3 is 2.78 bits per heavy atom. The van der Waals surface area contributed by atoms with Crippen molar-refractivity contribution in [2.75, 3.05) is 0 Å². The Morgan fingerprint density at radius 2 is 2.04 bits per heavy atom. The Balaban J connectivity index is 2.00. The average Bonchev–Trinajstić information content (AvgIpc) is 2.64. The number of ether oxygens (including phenoxy) is 1. The maximum atomic E-state index is 12.5. The lowest BCUT2D eigenvalue weighted by molar-refractivity contribution is -0.167. The first-order valence-corrected chi connectivity index (χ1v) is 9.06. The zero-order valence-electron chi connectivity index (χ0n) is 14.7. The van der Waals surface area contributed by atoms with Gasteiger partial charge in [-0.2, -0.15) is 0 Å². The molecule has 1 N–H and O–H groups in total. The van der Waals surface area contributed by atoms with Gasteiger partial charge in [0, 0.05) is 5.57 Å². The van der Waals surface area contributed by atoms with Crippen LogP contribution in [0.15, 0.2) is 23.8 Å². The number of aliphatic hydroxyl groups excluding tert-OH is 1. The predicted molar refractivity (Wildman–Crippen MR) is 90.8 cm³/mol. The highest BCUT2D eigenvalue weighted by molar-refractivity contribution is 5.89. The van der Waals surface area contributed by atoms with Gasteiger partial charge in [0.25, 0.3) is 0 Å². The van der Waals surface area contributed by atoms with Crippen LogP contribution >= 0.6 is 0 Å². The molecular formula is C20H30O3. The third-order valence-corrected chi connectivity index (χ3v) is 7.01. The number of hydrogen-bond acceptors (Lipinski definition) is 3. The molecular weight excluding hydrogens is 288 g/mol. The Morgan fingerprint density at radius 1 is 1.30 bits per heavy atom. The smallest absolute Gasteiger partial charge is 0.334 e. The van der Waals surface area contributed by atoms with Crippen LogP contribution in [-0.2, 0) is 9.53 Å². The lowest BCUT2D eigenvalue weighted by Gasteiger charge is -2.47. The van der Waals surface area contributed by atoms with Crippen LogP contribution < -0.4 is 0 Å². The van der Waals surface area contributed by atoms with Gasteiger partial charge in [0.2, 0.25) is 0 Å². The van der Waals surface area contributed by atoms with Crippen molar-refractivity contribution in [2.45, 2.75) is 77.4 Å². The summed E-state index contributed by atoms with van der Waals surface area (Å²) in [5, 5.41) is 10.8. The Labute approximate surface area is 139 Å². The van der Waals surface area contributed by atoms with Crippen LogP contribution in [0.2, 0.25) is 0 Å². The summed E-state index contributed by atoms with van der Waals surface area (Å²) in [7, 11) is 0. The molecule has 3 heteroatoms. The molecule has 4 bridgehead atoms. The number of carbonyl (C=O) groups excluding carboxylic acids is 1. The van der Waals surface area contributed by atoms with E-state index in [9.17, 15) is 9.90 Å². The highest BCUT2D eigenvalue weighted by atomic mass is 16.6. The van der Waals surface area contributed by atoms with Crippen LogP contribution in [-0.4, -0.2) is 22.8 Å². The molecule has 0 radical (unpaired) electrons. The first kappa shape index (κ1) is 16.8. The summed E-state index contributed by atoms with van der Waals surface area (Å²) >= 11 is 0. The van der Waals surface area contributed by atoms with E-state index in [-0.39, 0.29) is 11.4 Å². The highest BCUT2D eigenvalue weighted by Gasteiger charge is 2.46. The number of hydrogen-bond donors (Lipinski definition) is 1. The summed E-state index contributed by atoms with van der Waals surface area (Å²) in [5.74, 6) is 0.660. The third-order valence-electron chi connectivity index (χ3n) is 7.01. The molecule has 0 aromatic heterocycles. The van der Waals surface area contributed by atoms with Gasteiger partial charge in [-0.3, -0.25) is 0 Å². The zero-order valence-corrected chi connectivity index (χ0v) is 14.7. The van der Waals surface area contributed by atoms with Gasteiger partial charge in [0.05, 0.1) is 6.10 Å². The topological polar surface area (TPSA) is 46.5 Å². The largest absolute Gasteiger partial charge is 0.453 e. The molecule has 1 aliphatic carbocycles. The van der Waals surface area contributed by atoms with Gasteiger partial charge in [0.1, 0.15) is 5.60 Å². The number of rotatable bonds is 0. The fraction of sp³-hybridized carbons (Fsp3) is 0.750. The fourth-order valence-corrected chi connectivity index (χ4v) is 4.69. The van der Waals surface area contributed by atoms with Gasteiger partial charge >= 0.3 is 5.97 Å². The summed E-state index contributed by atoms with van der Waals surface area (Å²) in [5.41, 5.74) is 1.32. The second kappa shape index (κ2) is 5.77. The molecule has 3 rings (SSSR count). The summed E-state index contributed by atoms with van der Waals surface area (Å²) in [6.07, 6.45) is 7.48. The number of aliphatic hydroxyl groups is 1. The molecule has 0 spiro atoms. The summed E-state index contributed by atoms with van der Waals surface area (Å²) < 4.78 is 5.76. The van der Waals surface area contributed by atoms with E-state index in [4.69, 9.17) is 4.74 Å². The van der Waals surface area contributed by atoms with Crippen molar-refractivity contribution in [2.24, 2.45) is 17.3 Å². The molecule has 0 aromatic carbocycles. The molecule has 0 amide bonds. The minimum Gasteiger partial charge on any atom is -0.453 e. The Hall–Kier alpha value is -1.09. The number of allylic oxidation sites excluding steroid dienone is 2. The summed E-state index contributed by atoms with van der Waals surface area (Å²) in [4.78, 5) is 12.5. The van der Waals surface area contributed by atoms with Gasteiger partial charge in [-0.15, -0.1) is 0 Å². The van der Waals surface area contributed by atoms with Gasteiger partial charge in [0.15, 0.2) is 0 Å². The molecule has 5 atom stereocenters. The second-order valence-corrected chi connectivity index (χ2v) is 8.34. The number of esters is 1. The highest BCUT2D eigenvalue weighted by Crippen LogP contribution is 2.52. The van der Waals surface area contributed by atoms with Crippen molar-refractivity contribution in [1.29, 1.82) is 0 Å². The first-order chi connectivity index (χ1) is 10.8. The lowest BCUT2D eigenvalue weighted by Crippen LogP contribution is -2.45. The van der Waals surface area contributed by atoms with Crippen LogP contribution in [0.25, 0.3) is 0 Å². The fourth-order valence-electron chi connectivity index (χ4n) is 4.69. The average molecular weight is 318 g/mol. The number of fused-ring (bicyclic) bond motifs is 5. The monoisotopic (exact) mass is 318 g/mol. The van der Waals surface area contributed by atoms with Gasteiger partial charge in [-0.25, -0.2) is 4.79 Å². The normalized spacial score (nSPS) is 44.9. The van der Waals surface area contributed by atoms with Crippen LogP contribution in [0.1, 0.15) is 65.7 Å². The van der Waals surface area contributed by atoms with E-state index in [1.54, 1.807) is 0 Å². The minimum absolute atomic E-state index is 0.0436.